The monoisotopic (exact) mass is 310 g/mol. The van der Waals surface area contributed by atoms with Gasteiger partial charge in [0, 0.05) is 31.9 Å². The van der Waals surface area contributed by atoms with Crippen LogP contribution in [0.15, 0.2) is 41.5 Å². The number of hydrogen-bond donors (Lipinski definition) is 2. The minimum absolute atomic E-state index is 0.421. The number of aromatic nitrogens is 2. The number of hydrogen-bond acceptors (Lipinski definition) is 7. The molecule has 1 fully saturated rings. The van der Waals surface area contributed by atoms with Crippen molar-refractivity contribution in [3.8, 4) is 6.07 Å². The summed E-state index contributed by atoms with van der Waals surface area (Å²) in [6, 6.07) is 13.4. The zero-order valence-corrected chi connectivity index (χ0v) is 12.6. The van der Waals surface area contributed by atoms with Crippen LogP contribution in [0.4, 0.5) is 11.5 Å². The molecule has 8 heteroatoms. The van der Waals surface area contributed by atoms with Crippen LogP contribution in [0, 0.1) is 11.3 Å². The zero-order chi connectivity index (χ0) is 16.2. The van der Waals surface area contributed by atoms with Crippen LogP contribution in [-0.2, 0) is 0 Å². The highest BCUT2D eigenvalue weighted by molar-refractivity contribution is 5.51. The SMILES string of the molecule is N#Cc1ccc(N2CCN(c3cc/c(=N/N)n(N)n3)CC2)cc1. The van der Waals surface area contributed by atoms with Crippen LogP contribution in [0.1, 0.15) is 5.56 Å². The number of nitrogens with two attached hydrogens (primary N) is 2. The van der Waals surface area contributed by atoms with Crippen molar-refractivity contribution in [2.24, 2.45) is 10.9 Å². The van der Waals surface area contributed by atoms with Gasteiger partial charge in [0.1, 0.15) is 0 Å². The molecule has 0 amide bonds. The van der Waals surface area contributed by atoms with Crippen LogP contribution >= 0.6 is 0 Å². The van der Waals surface area contributed by atoms with Gasteiger partial charge in [0.05, 0.1) is 11.6 Å². The molecule has 1 aliphatic heterocycles. The van der Waals surface area contributed by atoms with Crippen LogP contribution in [0.2, 0.25) is 0 Å². The van der Waals surface area contributed by atoms with Crippen LogP contribution < -0.4 is 27.0 Å². The Labute approximate surface area is 133 Å². The van der Waals surface area contributed by atoms with E-state index in [0.29, 0.717) is 11.1 Å². The largest absolute Gasteiger partial charge is 0.368 e. The molecule has 4 N–H and O–H groups in total. The van der Waals surface area contributed by atoms with Crippen LogP contribution in [-0.4, -0.2) is 36.1 Å². The first-order valence-corrected chi connectivity index (χ1v) is 7.31. The highest BCUT2D eigenvalue weighted by atomic mass is 15.5. The molecular weight excluding hydrogens is 292 g/mol. The van der Waals surface area contributed by atoms with E-state index < -0.39 is 0 Å². The molecule has 0 radical (unpaired) electrons. The topological polar surface area (TPSA) is 112 Å². The third-order valence-electron chi connectivity index (χ3n) is 3.92. The molecule has 3 rings (SSSR count). The normalized spacial score (nSPS) is 15.5. The summed E-state index contributed by atoms with van der Waals surface area (Å²) in [5, 5.41) is 16.7. The Hall–Kier alpha value is -3.21. The molecule has 0 unspecified atom stereocenters. The summed E-state index contributed by atoms with van der Waals surface area (Å²) in [4.78, 5) is 5.64. The fourth-order valence-corrected chi connectivity index (χ4v) is 2.63. The standard InChI is InChI=1S/C15H18N8/c16-11-12-1-3-13(4-2-12)21-7-9-22(10-8-21)15-6-5-14(19-17)23(18)20-15/h1-6H,7-10,17-18H2/b19-14-. The Bertz CT molecular complexity index is 778. The van der Waals surface area contributed by atoms with Crippen molar-refractivity contribution in [2.75, 3.05) is 41.8 Å². The minimum atomic E-state index is 0.421. The van der Waals surface area contributed by atoms with Crippen molar-refractivity contribution in [3.05, 3.63) is 47.4 Å². The number of benzene rings is 1. The molecule has 0 bridgehead atoms. The summed E-state index contributed by atoms with van der Waals surface area (Å²) in [6.07, 6.45) is 0. The maximum atomic E-state index is 8.86. The Morgan fingerprint density at radius 3 is 2.22 bits per heavy atom. The number of nitrogen functional groups attached to an aromatic ring is 1. The van der Waals surface area contributed by atoms with E-state index in [4.69, 9.17) is 16.9 Å². The summed E-state index contributed by atoms with van der Waals surface area (Å²) in [5.41, 5.74) is 2.22. The summed E-state index contributed by atoms with van der Waals surface area (Å²) in [7, 11) is 0. The van der Waals surface area contributed by atoms with Gasteiger partial charge in [0.2, 0.25) is 0 Å². The molecule has 0 aliphatic carbocycles. The molecule has 0 spiro atoms. The Morgan fingerprint density at radius 2 is 1.65 bits per heavy atom. The Kier molecular flexibility index (Phi) is 4.01. The van der Waals surface area contributed by atoms with Crippen molar-refractivity contribution < 1.29 is 0 Å². The quantitative estimate of drug-likeness (QED) is 0.575. The molecule has 1 aliphatic rings. The second-order valence-electron chi connectivity index (χ2n) is 5.26. The van der Waals surface area contributed by atoms with Gasteiger partial charge >= 0.3 is 0 Å². The molecule has 0 atom stereocenters. The molecule has 0 saturated carbocycles. The highest BCUT2D eigenvalue weighted by Gasteiger charge is 2.18. The summed E-state index contributed by atoms with van der Waals surface area (Å²) in [6.45, 7) is 3.43. The van der Waals surface area contributed by atoms with Gasteiger partial charge in [0.15, 0.2) is 11.3 Å². The van der Waals surface area contributed by atoms with Gasteiger partial charge in [-0.25, -0.2) is 0 Å². The molecule has 1 aromatic heterocycles. The van der Waals surface area contributed by atoms with Gasteiger partial charge < -0.3 is 21.5 Å². The zero-order valence-electron chi connectivity index (χ0n) is 12.6. The van der Waals surface area contributed by atoms with E-state index in [9.17, 15) is 0 Å². The average Bonchev–Trinajstić information content (AvgIpc) is 2.62. The second kappa shape index (κ2) is 6.27. The number of rotatable bonds is 2. The average molecular weight is 310 g/mol. The lowest BCUT2D eigenvalue weighted by molar-refractivity contribution is 0.629. The van der Waals surface area contributed by atoms with Crippen LogP contribution in [0.25, 0.3) is 0 Å². The maximum Gasteiger partial charge on any atom is 0.190 e. The fraction of sp³-hybridized carbons (Fsp3) is 0.267. The van der Waals surface area contributed by atoms with Gasteiger partial charge in [-0.05, 0) is 36.4 Å². The van der Waals surface area contributed by atoms with E-state index in [1.54, 1.807) is 6.07 Å². The van der Waals surface area contributed by atoms with Gasteiger partial charge in [-0.2, -0.15) is 15.2 Å². The maximum absolute atomic E-state index is 8.86. The molecule has 1 aromatic carbocycles. The van der Waals surface area contributed by atoms with Crippen molar-refractivity contribution >= 4 is 11.5 Å². The second-order valence-corrected chi connectivity index (χ2v) is 5.26. The van der Waals surface area contributed by atoms with Gasteiger partial charge in [0.25, 0.3) is 0 Å². The number of nitriles is 1. The molecular formula is C15H18N8. The van der Waals surface area contributed by atoms with Crippen LogP contribution in [0.3, 0.4) is 0 Å². The predicted molar refractivity (Wildman–Crippen MR) is 87.7 cm³/mol. The lowest BCUT2D eigenvalue weighted by Gasteiger charge is -2.36. The molecule has 1 saturated heterocycles. The van der Waals surface area contributed by atoms with Crippen molar-refractivity contribution in [3.63, 3.8) is 0 Å². The van der Waals surface area contributed by atoms with E-state index in [2.05, 4.69) is 26.1 Å². The van der Waals surface area contributed by atoms with Gasteiger partial charge in [-0.15, -0.1) is 5.10 Å². The van der Waals surface area contributed by atoms with Gasteiger partial charge in [-0.1, -0.05) is 0 Å². The van der Waals surface area contributed by atoms with E-state index in [-0.39, 0.29) is 0 Å². The molecule has 118 valence electrons. The molecule has 8 nitrogen and oxygen atoms in total. The lowest BCUT2D eigenvalue weighted by Crippen LogP contribution is -2.47. The van der Waals surface area contributed by atoms with Crippen molar-refractivity contribution in [2.45, 2.75) is 0 Å². The fourth-order valence-electron chi connectivity index (χ4n) is 2.63. The number of nitrogens with zero attached hydrogens (tertiary/aromatic N) is 6. The highest BCUT2D eigenvalue weighted by Crippen LogP contribution is 2.19. The van der Waals surface area contributed by atoms with E-state index in [1.807, 2.05) is 30.3 Å². The summed E-state index contributed by atoms with van der Waals surface area (Å²) >= 11 is 0. The smallest absolute Gasteiger partial charge is 0.190 e. The van der Waals surface area contributed by atoms with E-state index >= 15 is 0 Å². The van der Waals surface area contributed by atoms with Gasteiger partial charge in [-0.3, -0.25) is 0 Å². The molecule has 2 aromatic rings. The van der Waals surface area contributed by atoms with E-state index in [0.717, 1.165) is 37.7 Å². The third-order valence-corrected chi connectivity index (χ3v) is 3.92. The first-order valence-electron chi connectivity index (χ1n) is 7.31. The van der Waals surface area contributed by atoms with Crippen LogP contribution in [0.5, 0.6) is 0 Å². The van der Waals surface area contributed by atoms with Crippen molar-refractivity contribution in [1.29, 1.82) is 5.26 Å². The Morgan fingerprint density at radius 1 is 1.00 bits per heavy atom. The number of anilines is 2. The first-order chi connectivity index (χ1) is 11.2. The van der Waals surface area contributed by atoms with Crippen molar-refractivity contribution in [1.82, 2.24) is 9.89 Å². The number of piperazine rings is 1. The molecule has 2 heterocycles. The van der Waals surface area contributed by atoms with E-state index in [1.165, 1.54) is 4.79 Å². The predicted octanol–water partition coefficient (Wildman–Crippen LogP) is -0.430. The minimum Gasteiger partial charge on any atom is -0.368 e. The third kappa shape index (κ3) is 3.03. The summed E-state index contributed by atoms with van der Waals surface area (Å²) < 4.78 is 0. The summed E-state index contributed by atoms with van der Waals surface area (Å²) in [5.74, 6) is 11.8. The Balaban J connectivity index is 1.68. The molecule has 23 heavy (non-hydrogen) atoms. The lowest BCUT2D eigenvalue weighted by atomic mass is 10.2. The first kappa shape index (κ1) is 14.7.